The lowest BCUT2D eigenvalue weighted by molar-refractivity contribution is 0.112. The average Bonchev–Trinajstić information content (AvgIpc) is 2.17. The summed E-state index contributed by atoms with van der Waals surface area (Å²) in [7, 11) is 1.59. The summed E-state index contributed by atoms with van der Waals surface area (Å²) >= 11 is 0. The first kappa shape index (κ1) is 8.38. The second kappa shape index (κ2) is 3.26. The Labute approximate surface area is 76.9 Å². The number of aliphatic hydroxyl groups excluding tert-OH is 1. The van der Waals surface area contributed by atoms with Gasteiger partial charge in [0.15, 0.2) is 0 Å². The van der Waals surface area contributed by atoms with Crippen LogP contribution in [0.3, 0.4) is 0 Å². The van der Waals surface area contributed by atoms with Gasteiger partial charge in [0.05, 0.1) is 25.4 Å². The van der Waals surface area contributed by atoms with Gasteiger partial charge >= 0.3 is 0 Å². The lowest BCUT2D eigenvalue weighted by Crippen LogP contribution is -2.14. The summed E-state index contributed by atoms with van der Waals surface area (Å²) in [6, 6.07) is 5.53. The van der Waals surface area contributed by atoms with Crippen LogP contribution in [0.2, 0.25) is 0 Å². The highest BCUT2D eigenvalue weighted by atomic mass is 16.5. The van der Waals surface area contributed by atoms with Gasteiger partial charge in [-0.3, -0.25) is 0 Å². The molecular formula is C10H12O3. The van der Waals surface area contributed by atoms with Crippen molar-refractivity contribution in [1.82, 2.24) is 0 Å². The number of hydrogen-bond donors (Lipinski definition) is 1. The van der Waals surface area contributed by atoms with Crippen molar-refractivity contribution >= 4 is 0 Å². The quantitative estimate of drug-likeness (QED) is 0.712. The van der Waals surface area contributed by atoms with E-state index in [1.165, 1.54) is 0 Å². The molecule has 0 saturated heterocycles. The van der Waals surface area contributed by atoms with Gasteiger partial charge in [0.1, 0.15) is 11.5 Å². The van der Waals surface area contributed by atoms with Crippen molar-refractivity contribution in [2.75, 3.05) is 13.7 Å². The highest BCUT2D eigenvalue weighted by Crippen LogP contribution is 2.38. The Hall–Kier alpha value is -1.22. The van der Waals surface area contributed by atoms with Crippen LogP contribution in [-0.2, 0) is 0 Å². The summed E-state index contributed by atoms with van der Waals surface area (Å²) in [4.78, 5) is 0. The van der Waals surface area contributed by atoms with Crippen molar-refractivity contribution in [3.05, 3.63) is 23.8 Å². The molecule has 13 heavy (non-hydrogen) atoms. The van der Waals surface area contributed by atoms with E-state index in [4.69, 9.17) is 9.47 Å². The zero-order valence-electron chi connectivity index (χ0n) is 7.49. The van der Waals surface area contributed by atoms with E-state index in [2.05, 4.69) is 0 Å². The minimum Gasteiger partial charge on any atom is -0.496 e. The van der Waals surface area contributed by atoms with Crippen LogP contribution >= 0.6 is 0 Å². The molecule has 70 valence electrons. The fourth-order valence-corrected chi connectivity index (χ4v) is 1.58. The monoisotopic (exact) mass is 180 g/mol. The van der Waals surface area contributed by atoms with E-state index in [1.807, 2.05) is 18.2 Å². The highest BCUT2D eigenvalue weighted by Gasteiger charge is 2.22. The highest BCUT2D eigenvalue weighted by molar-refractivity contribution is 5.47. The van der Waals surface area contributed by atoms with Crippen molar-refractivity contribution in [2.24, 2.45) is 0 Å². The molecule has 1 aromatic rings. The Morgan fingerprint density at radius 2 is 2.38 bits per heavy atom. The summed E-state index contributed by atoms with van der Waals surface area (Å²) in [6.07, 6.45) is 0.174. The fraction of sp³-hybridized carbons (Fsp3) is 0.400. The first-order valence-electron chi connectivity index (χ1n) is 4.30. The van der Waals surface area contributed by atoms with Gasteiger partial charge in [0.25, 0.3) is 0 Å². The lowest BCUT2D eigenvalue weighted by Gasteiger charge is -2.23. The maximum atomic E-state index is 9.71. The van der Waals surface area contributed by atoms with Gasteiger partial charge in [-0.15, -0.1) is 0 Å². The van der Waals surface area contributed by atoms with Gasteiger partial charge in [-0.05, 0) is 12.1 Å². The van der Waals surface area contributed by atoms with Crippen LogP contribution in [0.25, 0.3) is 0 Å². The molecule has 1 heterocycles. The minimum absolute atomic E-state index is 0.458. The van der Waals surface area contributed by atoms with Crippen LogP contribution in [0.5, 0.6) is 11.5 Å². The van der Waals surface area contributed by atoms with Crippen LogP contribution in [0.15, 0.2) is 18.2 Å². The maximum Gasteiger partial charge on any atom is 0.128 e. The first-order chi connectivity index (χ1) is 6.33. The Balaban J connectivity index is 2.50. The van der Waals surface area contributed by atoms with Crippen molar-refractivity contribution in [3.63, 3.8) is 0 Å². The Morgan fingerprint density at radius 3 is 3.15 bits per heavy atom. The average molecular weight is 180 g/mol. The lowest BCUT2D eigenvalue weighted by atomic mass is 10.0. The molecule has 0 radical (unpaired) electrons. The van der Waals surface area contributed by atoms with Gasteiger partial charge in [-0.2, -0.15) is 0 Å². The second-order valence-corrected chi connectivity index (χ2v) is 3.03. The number of aliphatic hydroxyl groups is 1. The van der Waals surface area contributed by atoms with Crippen LogP contribution in [0.4, 0.5) is 0 Å². The molecule has 0 aromatic heterocycles. The van der Waals surface area contributed by atoms with Crippen molar-refractivity contribution in [2.45, 2.75) is 12.5 Å². The molecule has 0 fully saturated rings. The predicted molar refractivity (Wildman–Crippen MR) is 48.1 cm³/mol. The summed E-state index contributed by atoms with van der Waals surface area (Å²) in [5.74, 6) is 1.43. The molecule has 3 heteroatoms. The van der Waals surface area contributed by atoms with Crippen LogP contribution in [0.1, 0.15) is 18.1 Å². The van der Waals surface area contributed by atoms with Crippen molar-refractivity contribution < 1.29 is 14.6 Å². The summed E-state index contributed by atoms with van der Waals surface area (Å²) in [5, 5.41) is 9.71. The van der Waals surface area contributed by atoms with E-state index in [0.717, 1.165) is 11.3 Å². The molecule has 2 rings (SSSR count). The molecule has 1 aliphatic rings. The molecule has 1 atom stereocenters. The number of hydrogen-bond acceptors (Lipinski definition) is 3. The topological polar surface area (TPSA) is 38.7 Å². The zero-order chi connectivity index (χ0) is 9.26. The molecule has 0 saturated carbocycles. The van der Waals surface area contributed by atoms with E-state index in [-0.39, 0.29) is 0 Å². The van der Waals surface area contributed by atoms with E-state index >= 15 is 0 Å². The maximum absolute atomic E-state index is 9.71. The molecule has 0 aliphatic carbocycles. The van der Waals surface area contributed by atoms with E-state index < -0.39 is 6.10 Å². The van der Waals surface area contributed by atoms with Gasteiger partial charge in [-0.1, -0.05) is 6.07 Å². The molecule has 0 amide bonds. The van der Waals surface area contributed by atoms with Crippen molar-refractivity contribution in [3.8, 4) is 11.5 Å². The Kier molecular flexibility index (Phi) is 2.10. The van der Waals surface area contributed by atoms with Gasteiger partial charge in [0, 0.05) is 6.42 Å². The van der Waals surface area contributed by atoms with E-state index in [1.54, 1.807) is 7.11 Å². The smallest absolute Gasteiger partial charge is 0.128 e. The largest absolute Gasteiger partial charge is 0.496 e. The Bertz CT molecular complexity index is 295. The Morgan fingerprint density at radius 1 is 1.54 bits per heavy atom. The summed E-state index contributed by atoms with van der Waals surface area (Å²) < 4.78 is 10.5. The molecule has 1 N–H and O–H groups in total. The number of benzene rings is 1. The molecule has 0 spiro atoms. The van der Waals surface area contributed by atoms with Gasteiger partial charge in [0.2, 0.25) is 0 Å². The number of ether oxygens (including phenoxy) is 2. The van der Waals surface area contributed by atoms with E-state index in [0.29, 0.717) is 18.8 Å². The van der Waals surface area contributed by atoms with Crippen molar-refractivity contribution in [1.29, 1.82) is 0 Å². The van der Waals surface area contributed by atoms with Crippen LogP contribution < -0.4 is 9.47 Å². The second-order valence-electron chi connectivity index (χ2n) is 3.03. The molecular weight excluding hydrogens is 168 g/mol. The number of methoxy groups -OCH3 is 1. The first-order valence-corrected chi connectivity index (χ1v) is 4.30. The molecule has 0 bridgehead atoms. The third-order valence-corrected chi connectivity index (χ3v) is 2.23. The summed E-state index contributed by atoms with van der Waals surface area (Å²) in [5.41, 5.74) is 0.774. The normalized spacial score (nSPS) is 20.3. The predicted octanol–water partition coefficient (Wildman–Crippen LogP) is 1.51. The van der Waals surface area contributed by atoms with Crippen LogP contribution in [0, 0.1) is 0 Å². The third kappa shape index (κ3) is 1.35. The SMILES string of the molecule is COc1cccc2c1[C@H](O)CCO2. The molecule has 1 aromatic carbocycles. The zero-order valence-corrected chi connectivity index (χ0v) is 7.49. The van der Waals surface area contributed by atoms with Crippen LogP contribution in [-0.4, -0.2) is 18.8 Å². The van der Waals surface area contributed by atoms with E-state index in [9.17, 15) is 5.11 Å². The summed E-state index contributed by atoms with van der Waals surface area (Å²) in [6.45, 7) is 0.571. The number of fused-ring (bicyclic) bond motifs is 1. The molecule has 3 nitrogen and oxygen atoms in total. The van der Waals surface area contributed by atoms with Gasteiger partial charge in [-0.25, -0.2) is 0 Å². The standard InChI is InChI=1S/C10H12O3/c1-12-8-3-2-4-9-10(8)7(11)5-6-13-9/h2-4,7,11H,5-6H2,1H3/t7-/m1/s1. The fourth-order valence-electron chi connectivity index (χ4n) is 1.58. The van der Waals surface area contributed by atoms with Gasteiger partial charge < -0.3 is 14.6 Å². The third-order valence-electron chi connectivity index (χ3n) is 2.23. The minimum atomic E-state index is -0.458. The molecule has 0 unspecified atom stereocenters. The number of rotatable bonds is 1. The molecule has 1 aliphatic heterocycles.